The summed E-state index contributed by atoms with van der Waals surface area (Å²) < 4.78 is 1.26. The average molecular weight is 256 g/mol. The van der Waals surface area contributed by atoms with Crippen LogP contribution in [0, 0.1) is 0 Å². The Morgan fingerprint density at radius 3 is 2.65 bits per heavy atom. The molecule has 8 heteroatoms. The summed E-state index contributed by atoms with van der Waals surface area (Å²) in [5.74, 6) is 9.73. The molecule has 0 fully saturated rings. The van der Waals surface area contributed by atoms with Crippen LogP contribution in [0.25, 0.3) is 0 Å². The molecule has 0 unspecified atom stereocenters. The van der Waals surface area contributed by atoms with Gasteiger partial charge in [-0.2, -0.15) is 16.0 Å². The summed E-state index contributed by atoms with van der Waals surface area (Å²) >= 11 is 1.11. The van der Waals surface area contributed by atoms with Crippen LogP contribution in [0.15, 0.2) is 23.1 Å². The van der Waals surface area contributed by atoms with E-state index in [9.17, 15) is 4.79 Å². The van der Waals surface area contributed by atoms with Crippen molar-refractivity contribution in [3.05, 3.63) is 23.8 Å². The third-order valence-corrected chi connectivity index (χ3v) is 3.06. The highest BCUT2D eigenvalue weighted by atomic mass is 32.2. The van der Waals surface area contributed by atoms with E-state index in [2.05, 4.69) is 5.43 Å². The van der Waals surface area contributed by atoms with Gasteiger partial charge in [-0.05, 0) is 18.2 Å². The van der Waals surface area contributed by atoms with E-state index in [1.54, 1.807) is 19.2 Å². The van der Waals surface area contributed by atoms with E-state index in [0.717, 1.165) is 11.8 Å². The number of amidine groups is 1. The van der Waals surface area contributed by atoms with Gasteiger partial charge in [0.05, 0.1) is 5.56 Å². The number of nitrogen functional groups attached to an aromatic ring is 1. The van der Waals surface area contributed by atoms with Crippen molar-refractivity contribution >= 4 is 28.6 Å². The Morgan fingerprint density at radius 1 is 1.53 bits per heavy atom. The highest BCUT2D eigenvalue weighted by molar-refractivity contribution is 8.13. The van der Waals surface area contributed by atoms with Crippen LogP contribution in [-0.4, -0.2) is 28.0 Å². The molecule has 1 rings (SSSR count). The van der Waals surface area contributed by atoms with Crippen LogP contribution in [0.2, 0.25) is 0 Å². The Balaban J connectivity index is 3.15. The summed E-state index contributed by atoms with van der Waals surface area (Å²) in [6.07, 6.45) is 0. The fourth-order valence-corrected chi connectivity index (χ4v) is 1.91. The number of nitrogens with two attached hydrogens (primary N) is 3. The van der Waals surface area contributed by atoms with Crippen LogP contribution >= 0.6 is 11.8 Å². The lowest BCUT2D eigenvalue weighted by atomic mass is 10.2. The predicted octanol–water partition coefficient (Wildman–Crippen LogP) is -0.606. The molecule has 0 radical (unpaired) electrons. The zero-order valence-electron chi connectivity index (χ0n) is 9.18. The van der Waals surface area contributed by atoms with Gasteiger partial charge in [-0.3, -0.25) is 5.84 Å². The fourth-order valence-electron chi connectivity index (χ4n) is 1.11. The van der Waals surface area contributed by atoms with Gasteiger partial charge in [-0.1, -0.05) is 0 Å². The number of rotatable bonds is 2. The molecule has 0 spiro atoms. The number of hydrazone groups is 1. The molecule has 1 aromatic rings. The highest BCUT2D eigenvalue weighted by Gasteiger charge is 2.17. The van der Waals surface area contributed by atoms with Crippen molar-refractivity contribution in [3.63, 3.8) is 0 Å². The van der Waals surface area contributed by atoms with Crippen LogP contribution < -0.4 is 22.8 Å². The quantitative estimate of drug-likeness (QED) is 0.0907. The average Bonchev–Trinajstić information content (AvgIpc) is 2.26. The molecule has 0 saturated heterocycles. The number of hydrogen-bond acceptors (Lipinski definition) is 5. The molecule has 0 aliphatic heterocycles. The Kier molecular flexibility index (Phi) is 4.18. The number of anilines is 1. The Hall–Kier alpha value is -1.93. The normalized spacial score (nSPS) is 11.9. The molecule has 17 heavy (non-hydrogen) atoms. The van der Waals surface area contributed by atoms with Crippen molar-refractivity contribution in [2.24, 2.45) is 11.7 Å². The second-order valence-electron chi connectivity index (χ2n) is 3.22. The van der Waals surface area contributed by atoms with Gasteiger partial charge in [0.2, 0.25) is 0 Å². The molecule has 0 amide bonds. The second kappa shape index (κ2) is 5.41. The van der Waals surface area contributed by atoms with Gasteiger partial charge in [0.1, 0.15) is 7.05 Å². The van der Waals surface area contributed by atoms with Gasteiger partial charge in [0.25, 0.3) is 0 Å². The van der Waals surface area contributed by atoms with Crippen LogP contribution in [0.4, 0.5) is 5.69 Å². The third kappa shape index (κ3) is 3.26. The first-order valence-electron chi connectivity index (χ1n) is 4.58. The van der Waals surface area contributed by atoms with Crippen LogP contribution in [0.5, 0.6) is 0 Å². The first-order chi connectivity index (χ1) is 7.95. The van der Waals surface area contributed by atoms with Gasteiger partial charge >= 0.3 is 11.1 Å². The van der Waals surface area contributed by atoms with E-state index in [0.29, 0.717) is 15.8 Å². The molecular weight excluding hydrogens is 242 g/mol. The summed E-state index contributed by atoms with van der Waals surface area (Å²) in [6, 6.07) is 4.60. The minimum atomic E-state index is -1.06. The number of hydrazine groups is 2. The molecule has 0 atom stereocenters. The van der Waals surface area contributed by atoms with Gasteiger partial charge in [-0.15, -0.1) is 0 Å². The maximum absolute atomic E-state index is 11.0. The first-order valence-corrected chi connectivity index (χ1v) is 5.40. The Labute approximate surface area is 102 Å². The standard InChI is InChI=1S/C9H13N5O2S/c1-14(12)9(13-11)17-7-3-2-5(10)4-6(7)8(15)16/h2-4H,10-12H2,1H3,(H,15,16)/p+1. The number of benzene rings is 1. The summed E-state index contributed by atoms with van der Waals surface area (Å²) in [4.78, 5) is 11.5. The van der Waals surface area contributed by atoms with E-state index in [4.69, 9.17) is 22.5 Å². The summed E-state index contributed by atoms with van der Waals surface area (Å²) in [6.45, 7) is 0. The van der Waals surface area contributed by atoms with Gasteiger partial charge in [0.15, 0.2) is 0 Å². The van der Waals surface area contributed by atoms with Crippen molar-refractivity contribution in [3.8, 4) is 0 Å². The predicted molar refractivity (Wildman–Crippen MR) is 66.4 cm³/mol. The summed E-state index contributed by atoms with van der Waals surface area (Å²) in [5.41, 5.74) is 8.41. The van der Waals surface area contributed by atoms with Crippen molar-refractivity contribution in [2.75, 3.05) is 12.8 Å². The molecule has 0 aliphatic rings. The lowest BCUT2D eigenvalue weighted by molar-refractivity contribution is -0.508. The molecule has 1 aromatic carbocycles. The van der Waals surface area contributed by atoms with E-state index >= 15 is 0 Å². The smallest absolute Gasteiger partial charge is 0.351 e. The largest absolute Gasteiger partial charge is 0.478 e. The molecule has 92 valence electrons. The van der Waals surface area contributed by atoms with Crippen LogP contribution in [0.1, 0.15) is 10.4 Å². The summed E-state index contributed by atoms with van der Waals surface area (Å²) in [5, 5.41) is 9.45. The van der Waals surface area contributed by atoms with Crippen molar-refractivity contribution in [1.29, 1.82) is 0 Å². The molecule has 0 aliphatic carbocycles. The van der Waals surface area contributed by atoms with Gasteiger partial charge < -0.3 is 10.8 Å². The van der Waals surface area contributed by atoms with Gasteiger partial charge in [0, 0.05) is 22.3 Å². The van der Waals surface area contributed by atoms with Crippen molar-refractivity contribution in [2.45, 2.75) is 4.90 Å². The summed E-state index contributed by atoms with van der Waals surface area (Å²) in [7, 11) is 1.58. The molecular formula is C9H14N5O2S+. The number of aromatic carboxylic acids is 1. The molecule has 0 saturated carbocycles. The number of nitrogens with one attached hydrogen (secondary N) is 1. The SMILES string of the molecule is C/[N+](N)=C(/NN)Sc1ccc(N)cc1C(=O)O. The fraction of sp³-hybridized carbons (Fsp3) is 0.111. The topological polar surface area (TPSA) is 130 Å². The Morgan fingerprint density at radius 2 is 2.18 bits per heavy atom. The molecule has 0 bridgehead atoms. The van der Waals surface area contributed by atoms with E-state index < -0.39 is 5.97 Å². The molecule has 8 N–H and O–H groups in total. The zero-order valence-corrected chi connectivity index (χ0v) is 9.99. The maximum Gasteiger partial charge on any atom is 0.351 e. The van der Waals surface area contributed by atoms with E-state index in [-0.39, 0.29) is 5.56 Å². The van der Waals surface area contributed by atoms with E-state index in [1.165, 1.54) is 10.8 Å². The third-order valence-electron chi connectivity index (χ3n) is 1.88. The lowest BCUT2D eigenvalue weighted by Crippen LogP contribution is -2.37. The van der Waals surface area contributed by atoms with Gasteiger partial charge in [-0.25, -0.2) is 4.79 Å². The molecule has 0 aromatic heterocycles. The van der Waals surface area contributed by atoms with Crippen LogP contribution in [-0.2, 0) is 0 Å². The van der Waals surface area contributed by atoms with Crippen LogP contribution in [0.3, 0.4) is 0 Å². The lowest BCUT2D eigenvalue weighted by Gasteiger charge is -2.06. The molecule has 0 heterocycles. The second-order valence-corrected chi connectivity index (χ2v) is 4.25. The number of carbonyl (C=O) groups is 1. The number of thioether (sulfide) groups is 1. The van der Waals surface area contributed by atoms with Crippen molar-refractivity contribution < 1.29 is 14.6 Å². The number of carboxylic acid groups (broad SMARTS) is 1. The maximum atomic E-state index is 11.0. The minimum absolute atomic E-state index is 0.101. The molecule has 7 nitrogen and oxygen atoms in total. The van der Waals surface area contributed by atoms with E-state index in [1.807, 2.05) is 0 Å². The minimum Gasteiger partial charge on any atom is -0.478 e. The van der Waals surface area contributed by atoms with Crippen molar-refractivity contribution in [1.82, 2.24) is 5.43 Å². The first kappa shape index (κ1) is 13.1. The number of nitrogens with zero attached hydrogens (tertiary/aromatic N) is 1. The monoisotopic (exact) mass is 256 g/mol. The Bertz CT molecular complexity index is 470. The zero-order chi connectivity index (χ0) is 13.0. The number of carboxylic acids is 1. The highest BCUT2D eigenvalue weighted by Crippen LogP contribution is 2.25. The number of hydrogen-bond donors (Lipinski definition) is 5.